The number of hydrogen-bond acceptors (Lipinski definition) is 8. The Morgan fingerprint density at radius 2 is 1.80 bits per heavy atom. The molecule has 49 heavy (non-hydrogen) atoms. The minimum atomic E-state index is -0.611. The van der Waals surface area contributed by atoms with Gasteiger partial charge in [-0.1, -0.05) is 54.6 Å². The number of anilines is 1. The summed E-state index contributed by atoms with van der Waals surface area (Å²) in [5.74, 6) is -0.317. The molecule has 9 nitrogen and oxygen atoms in total. The van der Waals surface area contributed by atoms with Crippen molar-refractivity contribution in [1.82, 2.24) is 15.2 Å². The van der Waals surface area contributed by atoms with Gasteiger partial charge in [0.25, 0.3) is 0 Å². The maximum Gasteiger partial charge on any atom is 0.410 e. The highest BCUT2D eigenvalue weighted by atomic mass is 32.2. The van der Waals surface area contributed by atoms with E-state index >= 15 is 4.39 Å². The van der Waals surface area contributed by atoms with Crippen molar-refractivity contribution in [3.05, 3.63) is 113 Å². The molecule has 0 saturated heterocycles. The van der Waals surface area contributed by atoms with Gasteiger partial charge in [0.2, 0.25) is 5.91 Å². The van der Waals surface area contributed by atoms with E-state index in [0.717, 1.165) is 27.3 Å². The molecule has 1 unspecified atom stereocenters. The molecule has 4 aromatic rings. The van der Waals surface area contributed by atoms with Crippen molar-refractivity contribution in [2.75, 3.05) is 25.6 Å². The van der Waals surface area contributed by atoms with E-state index in [9.17, 15) is 9.59 Å². The number of thioether (sulfide) groups is 1. The first-order chi connectivity index (χ1) is 23.5. The van der Waals surface area contributed by atoms with Gasteiger partial charge in [-0.25, -0.2) is 9.18 Å². The zero-order chi connectivity index (χ0) is 35.0. The predicted octanol–water partition coefficient (Wildman–Crippen LogP) is 7.84. The number of ether oxygens (including phenoxy) is 3. The topological polar surface area (TPSA) is 102 Å². The van der Waals surface area contributed by atoms with Crippen molar-refractivity contribution < 1.29 is 28.2 Å². The molecule has 2 heterocycles. The number of benzene rings is 3. The molecule has 0 aliphatic carbocycles. The number of amides is 2. The maximum absolute atomic E-state index is 15.2. The van der Waals surface area contributed by atoms with Gasteiger partial charge in [-0.3, -0.25) is 9.78 Å². The first kappa shape index (κ1) is 35.8. The monoisotopic (exact) mass is 702 g/mol. The van der Waals surface area contributed by atoms with Crippen LogP contribution >= 0.6 is 24.0 Å². The summed E-state index contributed by atoms with van der Waals surface area (Å²) in [6, 6.07) is 23.6. The van der Waals surface area contributed by atoms with Crippen molar-refractivity contribution in [3.63, 3.8) is 0 Å². The number of carbonyl (C=O) groups is 2. The summed E-state index contributed by atoms with van der Waals surface area (Å²) in [6.45, 7) is 6.69. The Hall–Kier alpha value is -4.52. The minimum absolute atomic E-state index is 0.0438. The molecule has 2 N–H and O–H groups in total. The molecule has 0 radical (unpaired) electrons. The number of fused-ring (bicyclic) bond motifs is 1. The fraction of sp³-hybridized carbons (Fsp3) is 0.297. The minimum Gasteiger partial charge on any atom is -0.453 e. The maximum atomic E-state index is 15.2. The number of thiocarbonyl (C=S) groups is 1. The molecule has 0 fully saturated rings. The number of nitrogens with zero attached hydrogens (tertiary/aromatic N) is 2. The standard InChI is InChI=1S/C37H39FN4O5S2/c1-37(2,3)47-36(44)42(17-18-45-4)23-25-11-8-12-26(19-25)32-22-29-34(49-32)31(15-16-39-29)46-30-14-13-27(21-28(30)38)40-35(48)41-33(43)20-24-9-6-5-7-10-24/h5-16,19,21,32H,17-18,20,22-23H2,1-4H3,(H2,40,41,43,48). The summed E-state index contributed by atoms with van der Waals surface area (Å²) >= 11 is 6.87. The predicted molar refractivity (Wildman–Crippen MR) is 192 cm³/mol. The third-order valence-corrected chi connectivity index (χ3v) is 8.96. The zero-order valence-corrected chi connectivity index (χ0v) is 29.5. The van der Waals surface area contributed by atoms with Gasteiger partial charge in [-0.2, -0.15) is 0 Å². The van der Waals surface area contributed by atoms with Crippen LogP contribution in [0.1, 0.15) is 48.4 Å². The highest BCUT2D eigenvalue weighted by molar-refractivity contribution is 8.00. The van der Waals surface area contributed by atoms with Crippen LogP contribution < -0.4 is 15.4 Å². The summed E-state index contributed by atoms with van der Waals surface area (Å²) in [4.78, 5) is 32.3. The van der Waals surface area contributed by atoms with Gasteiger partial charge in [0.15, 0.2) is 16.7 Å². The highest BCUT2D eigenvalue weighted by Gasteiger charge is 2.29. The third-order valence-electron chi connectivity index (χ3n) is 7.36. The number of nitrogens with one attached hydrogen (secondary N) is 2. The van der Waals surface area contributed by atoms with Crippen LogP contribution in [-0.2, 0) is 33.7 Å². The molecule has 5 rings (SSSR count). The van der Waals surface area contributed by atoms with Crippen LogP contribution in [0.5, 0.6) is 11.5 Å². The quantitative estimate of drug-likeness (QED) is 0.151. The van der Waals surface area contributed by atoms with Crippen LogP contribution in [0.3, 0.4) is 0 Å². The van der Waals surface area contributed by atoms with Crippen LogP contribution in [-0.4, -0.2) is 52.9 Å². The van der Waals surface area contributed by atoms with Crippen molar-refractivity contribution in [3.8, 4) is 11.5 Å². The van der Waals surface area contributed by atoms with E-state index < -0.39 is 17.5 Å². The number of rotatable bonds is 11. The number of halogens is 1. The second-order valence-corrected chi connectivity index (χ2v) is 14.1. The summed E-state index contributed by atoms with van der Waals surface area (Å²) in [5.41, 5.74) is 3.53. The molecule has 0 saturated carbocycles. The Kier molecular flexibility index (Phi) is 11.9. The molecule has 0 bridgehead atoms. The second kappa shape index (κ2) is 16.3. The molecule has 1 atom stereocenters. The van der Waals surface area contributed by atoms with Crippen molar-refractivity contribution in [2.24, 2.45) is 0 Å². The number of aromatic nitrogens is 1. The molecule has 3 aromatic carbocycles. The fourth-order valence-electron chi connectivity index (χ4n) is 5.14. The molecule has 256 valence electrons. The summed E-state index contributed by atoms with van der Waals surface area (Å²) in [6.07, 6.45) is 2.10. The molecule has 1 aromatic heterocycles. The van der Waals surface area contributed by atoms with Crippen LogP contribution in [0.2, 0.25) is 0 Å². The van der Waals surface area contributed by atoms with Gasteiger partial charge in [0.1, 0.15) is 11.4 Å². The second-order valence-electron chi connectivity index (χ2n) is 12.4. The lowest BCUT2D eigenvalue weighted by molar-refractivity contribution is -0.119. The van der Waals surface area contributed by atoms with E-state index in [-0.39, 0.29) is 28.4 Å². The number of methoxy groups -OCH3 is 1. The van der Waals surface area contributed by atoms with E-state index in [1.165, 1.54) is 12.1 Å². The van der Waals surface area contributed by atoms with Gasteiger partial charge >= 0.3 is 6.09 Å². The van der Waals surface area contributed by atoms with Crippen LogP contribution in [0, 0.1) is 5.82 Å². The van der Waals surface area contributed by atoms with Crippen LogP contribution in [0.15, 0.2) is 90.0 Å². The molecule has 1 aliphatic rings. The van der Waals surface area contributed by atoms with Crippen molar-refractivity contribution in [2.45, 2.75) is 55.9 Å². The Labute approximate surface area is 295 Å². The van der Waals surface area contributed by atoms with Gasteiger partial charge in [-0.05, 0) is 61.8 Å². The number of carbonyl (C=O) groups excluding carboxylic acids is 2. The molecule has 1 aliphatic heterocycles. The summed E-state index contributed by atoms with van der Waals surface area (Å²) in [7, 11) is 1.60. The lowest BCUT2D eigenvalue weighted by Gasteiger charge is -2.27. The first-order valence-corrected chi connectivity index (χ1v) is 17.1. The van der Waals surface area contributed by atoms with Crippen molar-refractivity contribution in [1.29, 1.82) is 0 Å². The van der Waals surface area contributed by atoms with E-state index in [0.29, 0.717) is 37.6 Å². The Bertz CT molecular complexity index is 1800. The molecule has 0 spiro atoms. The smallest absolute Gasteiger partial charge is 0.410 e. The Morgan fingerprint density at radius 1 is 1.02 bits per heavy atom. The van der Waals surface area contributed by atoms with Gasteiger partial charge in [-0.15, -0.1) is 11.8 Å². The molecule has 2 amide bonds. The SMILES string of the molecule is COCCN(Cc1cccc(C2Cc3nccc(Oc4ccc(NC(=S)NC(=O)Cc5ccccc5)cc4F)c3S2)c1)C(=O)OC(C)(C)C. The van der Waals surface area contributed by atoms with Crippen molar-refractivity contribution >= 4 is 46.8 Å². The average molecular weight is 703 g/mol. The Balaban J connectivity index is 1.22. The number of pyridine rings is 1. The summed E-state index contributed by atoms with van der Waals surface area (Å²) < 4.78 is 32.2. The normalized spacial score (nSPS) is 13.7. The highest BCUT2D eigenvalue weighted by Crippen LogP contribution is 2.50. The first-order valence-electron chi connectivity index (χ1n) is 15.8. The van der Waals surface area contributed by atoms with Gasteiger partial charge in [0, 0.05) is 55.9 Å². The third kappa shape index (κ3) is 10.2. The Morgan fingerprint density at radius 3 is 2.53 bits per heavy atom. The van der Waals surface area contributed by atoms with E-state index in [1.54, 1.807) is 42.1 Å². The molecular formula is C37H39FN4O5S2. The van der Waals surface area contributed by atoms with E-state index in [2.05, 4.69) is 27.8 Å². The zero-order valence-electron chi connectivity index (χ0n) is 27.8. The van der Waals surface area contributed by atoms with Crippen LogP contribution in [0.25, 0.3) is 0 Å². The molecular weight excluding hydrogens is 664 g/mol. The van der Waals surface area contributed by atoms with Gasteiger partial charge < -0.3 is 29.7 Å². The van der Waals surface area contributed by atoms with E-state index in [4.69, 9.17) is 26.4 Å². The fourth-order valence-corrected chi connectivity index (χ4v) is 6.68. The number of hydrogen-bond donors (Lipinski definition) is 2. The lowest BCUT2D eigenvalue weighted by atomic mass is 10.0. The lowest BCUT2D eigenvalue weighted by Crippen LogP contribution is -2.38. The molecule has 12 heteroatoms. The van der Waals surface area contributed by atoms with Gasteiger partial charge in [0.05, 0.1) is 23.6 Å². The largest absolute Gasteiger partial charge is 0.453 e. The summed E-state index contributed by atoms with van der Waals surface area (Å²) in [5, 5.41) is 5.59. The average Bonchev–Trinajstić information content (AvgIpc) is 3.49. The van der Waals surface area contributed by atoms with Crippen LogP contribution in [0.4, 0.5) is 14.9 Å². The van der Waals surface area contributed by atoms with E-state index in [1.807, 2.05) is 63.2 Å².